The van der Waals surface area contributed by atoms with Gasteiger partial charge in [-0.2, -0.15) is 10.6 Å². The molecule has 0 atom stereocenters. The van der Waals surface area contributed by atoms with Crippen LogP contribution < -0.4 is 5.84 Å². The summed E-state index contributed by atoms with van der Waals surface area (Å²) in [6.45, 7) is 1.86. The molecule has 0 bridgehead atoms. The number of hydrazone groups is 1. The Bertz CT molecular complexity index is 1220. The lowest BCUT2D eigenvalue weighted by atomic mass is 10.0. The third-order valence-corrected chi connectivity index (χ3v) is 5.41. The van der Waals surface area contributed by atoms with Crippen molar-refractivity contribution in [3.63, 3.8) is 0 Å². The summed E-state index contributed by atoms with van der Waals surface area (Å²) in [5, 5.41) is 15.0. The highest BCUT2D eigenvalue weighted by Gasteiger charge is 2.51. The summed E-state index contributed by atoms with van der Waals surface area (Å²) in [7, 11) is 0. The zero-order chi connectivity index (χ0) is 25.5. The minimum absolute atomic E-state index is 0.0441. The molecular weight excluding hydrogens is 466 g/mol. The first-order valence-electron chi connectivity index (χ1n) is 11.5. The summed E-state index contributed by atoms with van der Waals surface area (Å²) in [5.74, 6) is 5.73. The number of benzene rings is 2. The van der Waals surface area contributed by atoms with Gasteiger partial charge in [-0.25, -0.2) is 4.98 Å². The molecule has 2 heterocycles. The number of unbranched alkanes of at least 4 members (excludes halogenated alkanes) is 1. The molecule has 188 valence electrons. The Morgan fingerprint density at radius 3 is 2.61 bits per heavy atom. The number of hydrogen-bond acceptors (Lipinski definition) is 9. The number of ether oxygens (including phenoxy) is 1. The highest BCUT2D eigenvalue weighted by Crippen LogP contribution is 2.24. The molecule has 2 aromatic carbocycles. The number of amidine groups is 1. The first-order chi connectivity index (χ1) is 17.5. The maximum absolute atomic E-state index is 13.2. The number of carbonyl (C=O) groups is 2. The molecule has 4 rings (SSSR count). The molecule has 1 aliphatic heterocycles. The van der Waals surface area contributed by atoms with Gasteiger partial charge in [-0.1, -0.05) is 67.9 Å². The van der Waals surface area contributed by atoms with E-state index in [9.17, 15) is 14.8 Å². The number of aromatic nitrogens is 2. The van der Waals surface area contributed by atoms with Crippen molar-refractivity contribution in [2.75, 3.05) is 0 Å². The molecule has 1 aliphatic rings. The molecular formula is C24H27N7O5. The van der Waals surface area contributed by atoms with E-state index in [1.165, 1.54) is 0 Å². The Balaban J connectivity index is 1.63. The Morgan fingerprint density at radius 1 is 1.14 bits per heavy atom. The molecule has 0 spiro atoms. The molecule has 12 nitrogen and oxygen atoms in total. The Morgan fingerprint density at radius 2 is 1.89 bits per heavy atom. The fraction of sp³-hybridized carbons (Fsp3) is 0.250. The third-order valence-electron chi connectivity index (χ3n) is 5.41. The van der Waals surface area contributed by atoms with E-state index in [2.05, 4.69) is 9.97 Å². The lowest BCUT2D eigenvalue weighted by molar-refractivity contribution is -0.698. The van der Waals surface area contributed by atoms with Crippen LogP contribution in [0.3, 0.4) is 0 Å². The second kappa shape index (κ2) is 11.3. The number of nitrogens with zero attached hydrogens (tertiary/aromatic N) is 5. The fourth-order valence-electron chi connectivity index (χ4n) is 3.59. The first-order valence-corrected chi connectivity index (χ1v) is 11.5. The van der Waals surface area contributed by atoms with Crippen LogP contribution >= 0.6 is 0 Å². The molecule has 36 heavy (non-hydrogen) atoms. The van der Waals surface area contributed by atoms with Gasteiger partial charge in [-0.3, -0.25) is 4.79 Å². The summed E-state index contributed by atoms with van der Waals surface area (Å²) in [4.78, 5) is 38.5. The van der Waals surface area contributed by atoms with E-state index < -0.39 is 12.1 Å². The first kappa shape index (κ1) is 24.7. The van der Waals surface area contributed by atoms with Gasteiger partial charge in [0, 0.05) is 24.4 Å². The quantitative estimate of drug-likeness (QED) is 0.261. The third kappa shape index (κ3) is 5.45. The summed E-state index contributed by atoms with van der Waals surface area (Å²) in [5.41, 5.74) is 2.14. The van der Waals surface area contributed by atoms with Crippen LogP contribution in [0.1, 0.15) is 37.3 Å². The van der Waals surface area contributed by atoms with Crippen LogP contribution in [0.15, 0.2) is 67.0 Å². The molecule has 1 amide bonds. The van der Waals surface area contributed by atoms with E-state index in [1.54, 1.807) is 36.7 Å². The Labute approximate surface area is 207 Å². The number of H-pyrrole nitrogens is 1. The van der Waals surface area contributed by atoms with Gasteiger partial charge in [0.05, 0.1) is 6.42 Å². The van der Waals surface area contributed by atoms with Crippen LogP contribution in [-0.2, 0) is 27.4 Å². The van der Waals surface area contributed by atoms with Crippen molar-refractivity contribution in [1.29, 1.82) is 0 Å². The zero-order valence-electron chi connectivity index (χ0n) is 19.7. The molecule has 0 saturated heterocycles. The van der Waals surface area contributed by atoms with Gasteiger partial charge in [0.15, 0.2) is 5.28 Å². The van der Waals surface area contributed by atoms with Gasteiger partial charge in [0.25, 0.3) is 0 Å². The van der Waals surface area contributed by atoms with Crippen molar-refractivity contribution < 1.29 is 24.0 Å². The van der Waals surface area contributed by atoms with Crippen LogP contribution in [0, 0.1) is 5.21 Å². The lowest BCUT2D eigenvalue weighted by Crippen LogP contribution is -2.54. The number of nitrogens with one attached hydrogen (secondary N) is 1. The Hall–Kier alpha value is -4.42. The number of hydrazine groups is 4. The van der Waals surface area contributed by atoms with E-state index in [-0.39, 0.29) is 30.1 Å². The highest BCUT2D eigenvalue weighted by atomic mass is 16.8. The molecule has 3 N–H and O–H groups in total. The predicted octanol–water partition coefficient (Wildman–Crippen LogP) is 3.05. The topological polar surface area (TPSA) is 143 Å². The van der Waals surface area contributed by atoms with Crippen molar-refractivity contribution in [1.82, 2.24) is 25.5 Å². The standard InChI is InChI=1S/C24H27N7O5/c1-2-3-13-22(32)36-31-28(24(33)35-17-18-9-5-4-6-10-18)21(29(34)30(31)25)16-19-11-7-8-12-20(19)23-26-14-15-27-23/h4-12,14-15H,2-3,13,16-17,25H2,1H3,(H,26,27). The number of aromatic amines is 1. The van der Waals surface area contributed by atoms with Gasteiger partial charge in [-0.05, 0) is 27.8 Å². The average Bonchev–Trinajstić information content (AvgIpc) is 3.51. The van der Waals surface area contributed by atoms with Crippen molar-refractivity contribution >= 4 is 17.9 Å². The molecule has 0 aliphatic carbocycles. The van der Waals surface area contributed by atoms with Crippen molar-refractivity contribution in [3.8, 4) is 11.4 Å². The van der Waals surface area contributed by atoms with Gasteiger partial charge in [0.1, 0.15) is 12.4 Å². The number of hydrogen-bond donors (Lipinski definition) is 2. The molecule has 1 aromatic heterocycles. The van der Waals surface area contributed by atoms with E-state index in [4.69, 9.17) is 15.4 Å². The monoisotopic (exact) mass is 493 g/mol. The van der Waals surface area contributed by atoms with Gasteiger partial charge >= 0.3 is 17.9 Å². The maximum Gasteiger partial charge on any atom is 0.531 e. The van der Waals surface area contributed by atoms with E-state index in [0.29, 0.717) is 28.3 Å². The molecule has 3 aromatic rings. The number of nitrogens with two attached hydrogens (primary N) is 1. The van der Waals surface area contributed by atoms with E-state index in [1.807, 2.05) is 37.3 Å². The van der Waals surface area contributed by atoms with Crippen molar-refractivity contribution in [2.24, 2.45) is 5.84 Å². The van der Waals surface area contributed by atoms with Crippen LogP contribution in [-0.4, -0.2) is 48.2 Å². The molecule has 0 radical (unpaired) electrons. The minimum atomic E-state index is -0.943. The minimum Gasteiger partial charge on any atom is -0.690 e. The number of amides is 1. The van der Waals surface area contributed by atoms with Crippen LogP contribution in [0.4, 0.5) is 4.79 Å². The number of carbonyl (C=O) groups excluding carboxylic acids is 2. The SMILES string of the molecule is CCCCC(=O)ON1N(C(=O)OCc2ccccc2)C(Cc2ccccc2-c2ncc[nH]2)=[N+]([O-])N1N. The van der Waals surface area contributed by atoms with Crippen LogP contribution in [0.25, 0.3) is 11.4 Å². The van der Waals surface area contributed by atoms with E-state index in [0.717, 1.165) is 22.6 Å². The maximum atomic E-state index is 13.2. The molecule has 0 fully saturated rings. The second-order valence-electron chi connectivity index (χ2n) is 7.95. The van der Waals surface area contributed by atoms with Crippen molar-refractivity contribution in [2.45, 2.75) is 39.2 Å². The van der Waals surface area contributed by atoms with E-state index >= 15 is 0 Å². The van der Waals surface area contributed by atoms with Crippen LogP contribution in [0.2, 0.25) is 0 Å². The summed E-state index contributed by atoms with van der Waals surface area (Å²) >= 11 is 0. The Kier molecular flexibility index (Phi) is 7.78. The molecule has 0 saturated carbocycles. The number of imidazole rings is 1. The molecule has 12 heteroatoms. The smallest absolute Gasteiger partial charge is 0.531 e. The summed E-state index contributed by atoms with van der Waals surface area (Å²) in [6, 6.07) is 16.3. The lowest BCUT2D eigenvalue weighted by Gasteiger charge is -2.22. The largest absolute Gasteiger partial charge is 0.690 e. The average molecular weight is 494 g/mol. The zero-order valence-corrected chi connectivity index (χ0v) is 19.7. The van der Waals surface area contributed by atoms with Gasteiger partial charge in [-0.15, -0.1) is 4.85 Å². The highest BCUT2D eigenvalue weighted by molar-refractivity contribution is 5.94. The summed E-state index contributed by atoms with van der Waals surface area (Å²) in [6.07, 6.45) is 3.73. The normalized spacial score (nSPS) is 13.8. The van der Waals surface area contributed by atoms with Gasteiger partial charge in [0.2, 0.25) is 0 Å². The second-order valence-corrected chi connectivity index (χ2v) is 7.95. The number of rotatable bonds is 9. The van der Waals surface area contributed by atoms with Crippen molar-refractivity contribution in [3.05, 3.63) is 83.3 Å². The predicted molar refractivity (Wildman–Crippen MR) is 128 cm³/mol. The fourth-order valence-corrected chi connectivity index (χ4v) is 3.59. The van der Waals surface area contributed by atoms with Crippen LogP contribution in [0.5, 0.6) is 0 Å². The summed E-state index contributed by atoms with van der Waals surface area (Å²) < 4.78 is 5.44. The van der Waals surface area contributed by atoms with Gasteiger partial charge < -0.3 is 19.8 Å². The molecule has 0 unspecified atom stereocenters.